The molecule has 0 radical (unpaired) electrons. The molecule has 11 heavy (non-hydrogen) atoms. The predicted octanol–water partition coefficient (Wildman–Crippen LogP) is -0.528. The molecule has 0 aliphatic carbocycles. The van der Waals surface area contributed by atoms with Crippen LogP contribution in [0.5, 0.6) is 0 Å². The van der Waals surface area contributed by atoms with Crippen molar-refractivity contribution in [3.05, 3.63) is 0 Å². The number of nitrogens with zero attached hydrogens (tertiary/aromatic N) is 1. The Bertz CT molecular complexity index is 127. The summed E-state index contributed by atoms with van der Waals surface area (Å²) in [6, 6.07) is -0.00546. The van der Waals surface area contributed by atoms with Crippen LogP contribution >= 0.6 is 0 Å². The van der Waals surface area contributed by atoms with Crippen LogP contribution in [-0.2, 0) is 9.53 Å². The van der Waals surface area contributed by atoms with E-state index >= 15 is 0 Å². The number of likely N-dealkylation sites (N-methyl/N-ethyl adjacent to an activating group) is 1. The molecule has 0 spiro atoms. The second kappa shape index (κ2) is 5.09. The van der Waals surface area contributed by atoms with E-state index in [1.54, 1.807) is 11.9 Å². The second-order valence-electron chi connectivity index (χ2n) is 2.52. The molecule has 0 aliphatic rings. The highest BCUT2D eigenvalue weighted by molar-refractivity contribution is 5.71. The second-order valence-corrected chi connectivity index (χ2v) is 2.52. The van der Waals surface area contributed by atoms with Crippen LogP contribution in [0.4, 0.5) is 0 Å². The van der Waals surface area contributed by atoms with Crippen molar-refractivity contribution in [3.8, 4) is 0 Å². The Morgan fingerprint density at radius 2 is 2.27 bits per heavy atom. The fourth-order valence-electron chi connectivity index (χ4n) is 0.563. The highest BCUT2D eigenvalue weighted by atomic mass is 16.5. The lowest BCUT2D eigenvalue weighted by molar-refractivity contribution is -0.142. The number of ether oxygens (including phenoxy) is 1. The fraction of sp³-hybridized carbons (Fsp3) is 0.857. The van der Waals surface area contributed by atoms with Crippen molar-refractivity contribution >= 4 is 5.97 Å². The van der Waals surface area contributed by atoms with E-state index in [4.69, 9.17) is 5.11 Å². The first kappa shape index (κ1) is 10.4. The van der Waals surface area contributed by atoms with E-state index in [-0.39, 0.29) is 25.2 Å². The minimum atomic E-state index is -0.284. The average Bonchev–Trinajstić information content (AvgIpc) is 2.02. The standard InChI is InChI=1S/C7H15NO3/c1-6(5-9)8(2)4-7(10)11-3/h6,9H,4-5H2,1-3H3. The van der Waals surface area contributed by atoms with Gasteiger partial charge in [-0.2, -0.15) is 0 Å². The monoisotopic (exact) mass is 161 g/mol. The SMILES string of the molecule is COC(=O)CN(C)C(C)CO. The van der Waals surface area contributed by atoms with Crippen molar-refractivity contribution < 1.29 is 14.6 Å². The number of esters is 1. The van der Waals surface area contributed by atoms with Crippen LogP contribution in [-0.4, -0.2) is 49.3 Å². The van der Waals surface area contributed by atoms with Crippen molar-refractivity contribution in [3.63, 3.8) is 0 Å². The molecule has 66 valence electrons. The summed E-state index contributed by atoms with van der Waals surface area (Å²) in [4.78, 5) is 12.4. The van der Waals surface area contributed by atoms with Gasteiger partial charge >= 0.3 is 5.97 Å². The maximum absolute atomic E-state index is 10.7. The zero-order valence-corrected chi connectivity index (χ0v) is 7.20. The Morgan fingerprint density at radius 3 is 2.64 bits per heavy atom. The first-order valence-electron chi connectivity index (χ1n) is 3.49. The highest BCUT2D eigenvalue weighted by Gasteiger charge is 2.11. The minimum absolute atomic E-state index is 0.00546. The summed E-state index contributed by atoms with van der Waals surface area (Å²) >= 11 is 0. The van der Waals surface area contributed by atoms with Crippen LogP contribution in [0.2, 0.25) is 0 Å². The fourth-order valence-corrected chi connectivity index (χ4v) is 0.563. The minimum Gasteiger partial charge on any atom is -0.468 e. The van der Waals surface area contributed by atoms with Gasteiger partial charge in [-0.05, 0) is 14.0 Å². The number of aliphatic hydroxyl groups excluding tert-OH is 1. The molecule has 1 N–H and O–H groups in total. The third kappa shape index (κ3) is 3.95. The predicted molar refractivity (Wildman–Crippen MR) is 41.2 cm³/mol. The number of carbonyl (C=O) groups is 1. The van der Waals surface area contributed by atoms with E-state index in [2.05, 4.69) is 4.74 Å². The normalized spacial score (nSPS) is 13.2. The molecule has 4 heteroatoms. The smallest absolute Gasteiger partial charge is 0.319 e. The molecule has 0 bridgehead atoms. The first-order chi connectivity index (χ1) is 5.11. The van der Waals surface area contributed by atoms with Crippen LogP contribution in [0.1, 0.15) is 6.92 Å². The Labute approximate surface area is 66.8 Å². The number of aliphatic hydroxyl groups is 1. The zero-order valence-electron chi connectivity index (χ0n) is 7.20. The summed E-state index contributed by atoms with van der Waals surface area (Å²) in [7, 11) is 3.11. The van der Waals surface area contributed by atoms with Gasteiger partial charge in [-0.15, -0.1) is 0 Å². The maximum Gasteiger partial charge on any atom is 0.319 e. The molecular formula is C7H15NO3. The maximum atomic E-state index is 10.7. The molecule has 1 unspecified atom stereocenters. The average molecular weight is 161 g/mol. The quantitative estimate of drug-likeness (QED) is 0.563. The van der Waals surface area contributed by atoms with Crippen molar-refractivity contribution in [1.82, 2.24) is 4.90 Å². The van der Waals surface area contributed by atoms with Gasteiger partial charge in [-0.3, -0.25) is 9.69 Å². The van der Waals surface area contributed by atoms with E-state index in [1.165, 1.54) is 7.11 Å². The molecule has 0 aromatic carbocycles. The third-order valence-electron chi connectivity index (χ3n) is 1.62. The number of rotatable bonds is 4. The van der Waals surface area contributed by atoms with Crippen molar-refractivity contribution in [1.29, 1.82) is 0 Å². The molecule has 0 aromatic heterocycles. The van der Waals surface area contributed by atoms with Gasteiger partial charge in [0.1, 0.15) is 0 Å². The Balaban J connectivity index is 3.67. The summed E-state index contributed by atoms with van der Waals surface area (Å²) in [6.45, 7) is 2.11. The van der Waals surface area contributed by atoms with Gasteiger partial charge in [-0.1, -0.05) is 0 Å². The number of methoxy groups -OCH3 is 1. The third-order valence-corrected chi connectivity index (χ3v) is 1.62. The van der Waals surface area contributed by atoms with E-state index < -0.39 is 0 Å². The lowest BCUT2D eigenvalue weighted by Crippen LogP contribution is -2.36. The van der Waals surface area contributed by atoms with Gasteiger partial charge in [0.25, 0.3) is 0 Å². The van der Waals surface area contributed by atoms with Crippen LogP contribution < -0.4 is 0 Å². The van der Waals surface area contributed by atoms with Gasteiger partial charge in [-0.25, -0.2) is 0 Å². The lowest BCUT2D eigenvalue weighted by atomic mass is 10.3. The largest absolute Gasteiger partial charge is 0.468 e. The van der Waals surface area contributed by atoms with Crippen molar-refractivity contribution in [2.75, 3.05) is 27.3 Å². The number of carbonyl (C=O) groups excluding carboxylic acids is 1. The molecule has 0 aromatic rings. The Hall–Kier alpha value is -0.610. The van der Waals surface area contributed by atoms with Crippen molar-refractivity contribution in [2.45, 2.75) is 13.0 Å². The Morgan fingerprint density at radius 1 is 1.73 bits per heavy atom. The molecule has 4 nitrogen and oxygen atoms in total. The highest BCUT2D eigenvalue weighted by Crippen LogP contribution is 1.93. The van der Waals surface area contributed by atoms with Gasteiger partial charge < -0.3 is 9.84 Å². The molecule has 0 fully saturated rings. The van der Waals surface area contributed by atoms with Crippen LogP contribution in [0.25, 0.3) is 0 Å². The van der Waals surface area contributed by atoms with E-state index in [9.17, 15) is 4.79 Å². The van der Waals surface area contributed by atoms with E-state index in [0.29, 0.717) is 0 Å². The van der Waals surface area contributed by atoms with Gasteiger partial charge in [0.15, 0.2) is 0 Å². The lowest BCUT2D eigenvalue weighted by Gasteiger charge is -2.20. The molecule has 0 rings (SSSR count). The van der Waals surface area contributed by atoms with Gasteiger partial charge in [0, 0.05) is 6.04 Å². The Kier molecular flexibility index (Phi) is 4.81. The summed E-state index contributed by atoms with van der Waals surface area (Å²) in [5.74, 6) is -0.284. The topological polar surface area (TPSA) is 49.8 Å². The van der Waals surface area contributed by atoms with Crippen molar-refractivity contribution in [2.24, 2.45) is 0 Å². The zero-order chi connectivity index (χ0) is 8.85. The van der Waals surface area contributed by atoms with Gasteiger partial charge in [0.2, 0.25) is 0 Å². The molecule has 0 saturated carbocycles. The number of hydrogen-bond donors (Lipinski definition) is 1. The molecule has 0 heterocycles. The molecule has 0 aliphatic heterocycles. The van der Waals surface area contributed by atoms with Crippen LogP contribution in [0, 0.1) is 0 Å². The van der Waals surface area contributed by atoms with E-state index in [1.807, 2.05) is 6.92 Å². The summed E-state index contributed by atoms with van der Waals surface area (Å²) in [5.41, 5.74) is 0. The number of hydrogen-bond acceptors (Lipinski definition) is 4. The molecule has 1 atom stereocenters. The summed E-state index contributed by atoms with van der Waals surface area (Å²) < 4.78 is 4.45. The van der Waals surface area contributed by atoms with Gasteiger partial charge in [0.05, 0.1) is 20.3 Å². The molecule has 0 amide bonds. The van der Waals surface area contributed by atoms with Crippen LogP contribution in [0.15, 0.2) is 0 Å². The molecule has 0 saturated heterocycles. The first-order valence-corrected chi connectivity index (χ1v) is 3.49. The van der Waals surface area contributed by atoms with Crippen LogP contribution in [0.3, 0.4) is 0 Å². The molecular weight excluding hydrogens is 146 g/mol. The summed E-state index contributed by atoms with van der Waals surface area (Å²) in [6.07, 6.45) is 0. The summed E-state index contributed by atoms with van der Waals surface area (Å²) in [5, 5.41) is 8.70. The van der Waals surface area contributed by atoms with E-state index in [0.717, 1.165) is 0 Å².